The molecule has 0 saturated carbocycles. The number of hydrogen-bond acceptors (Lipinski definition) is 6. The molecule has 4 aromatic rings. The Balaban J connectivity index is 1.39. The van der Waals surface area contributed by atoms with Gasteiger partial charge in [-0.3, -0.25) is 4.57 Å². The van der Waals surface area contributed by atoms with E-state index in [1.807, 2.05) is 24.3 Å². The van der Waals surface area contributed by atoms with Crippen LogP contribution in [0.3, 0.4) is 0 Å². The first-order valence-electron chi connectivity index (χ1n) is 11.6. The molecule has 7 nitrogen and oxygen atoms in total. The lowest BCUT2D eigenvalue weighted by Gasteiger charge is -2.22. The first-order chi connectivity index (χ1) is 18.2. The van der Waals surface area contributed by atoms with Crippen molar-refractivity contribution in [2.24, 2.45) is 0 Å². The minimum atomic E-state index is -4.53. The number of halogens is 3. The number of ether oxygens (including phenoxy) is 3. The molecule has 0 saturated heterocycles. The topological polar surface area (TPSA) is 86.4 Å². The first kappa shape index (κ1) is 24.9. The SMILES string of the molecule is COc1ccc2c(c1)CCn1c-2cc(OCc2ccc(C#N)c(Oc3cccc(C(F)(F)F)c3)c2)nc1=O. The summed E-state index contributed by atoms with van der Waals surface area (Å²) in [5.74, 6) is 0.868. The van der Waals surface area contributed by atoms with Crippen LogP contribution in [0.15, 0.2) is 71.5 Å². The molecule has 192 valence electrons. The third-order valence-corrected chi connectivity index (χ3v) is 6.12. The van der Waals surface area contributed by atoms with Gasteiger partial charge in [-0.15, -0.1) is 0 Å². The summed E-state index contributed by atoms with van der Waals surface area (Å²) in [7, 11) is 1.60. The first-order valence-corrected chi connectivity index (χ1v) is 11.6. The molecule has 1 aromatic heterocycles. The van der Waals surface area contributed by atoms with Crippen molar-refractivity contribution in [1.29, 1.82) is 5.26 Å². The van der Waals surface area contributed by atoms with E-state index in [0.717, 1.165) is 29.0 Å². The molecule has 10 heteroatoms. The largest absolute Gasteiger partial charge is 0.497 e. The van der Waals surface area contributed by atoms with Gasteiger partial charge in [-0.1, -0.05) is 12.1 Å². The molecule has 0 spiro atoms. The van der Waals surface area contributed by atoms with Crippen molar-refractivity contribution in [1.82, 2.24) is 9.55 Å². The van der Waals surface area contributed by atoms with E-state index in [9.17, 15) is 23.2 Å². The Morgan fingerprint density at radius 1 is 1.05 bits per heavy atom. The van der Waals surface area contributed by atoms with E-state index >= 15 is 0 Å². The van der Waals surface area contributed by atoms with Crippen LogP contribution in [0.1, 0.15) is 22.3 Å². The lowest BCUT2D eigenvalue weighted by Crippen LogP contribution is -2.28. The Labute approximate surface area is 215 Å². The number of aryl methyl sites for hydroxylation is 1. The Hall–Kier alpha value is -4.78. The van der Waals surface area contributed by atoms with Gasteiger partial charge in [0, 0.05) is 18.2 Å². The van der Waals surface area contributed by atoms with Crippen molar-refractivity contribution in [3.05, 3.63) is 99.5 Å². The van der Waals surface area contributed by atoms with Gasteiger partial charge in [-0.25, -0.2) is 4.79 Å². The zero-order valence-corrected chi connectivity index (χ0v) is 20.1. The summed E-state index contributed by atoms with van der Waals surface area (Å²) < 4.78 is 57.5. The standard InChI is InChI=1S/C28H20F3N3O4/c1-36-21-7-8-23-18(12-21)9-10-34-24(23)14-26(33-27(34)35)37-16-17-5-6-19(15-32)25(11-17)38-22-4-2-3-20(13-22)28(29,30)31/h2-8,11-14H,9-10,16H2,1H3. The number of fused-ring (bicyclic) bond motifs is 3. The van der Waals surface area contributed by atoms with Crippen LogP contribution in [0.4, 0.5) is 13.2 Å². The van der Waals surface area contributed by atoms with Crippen molar-refractivity contribution in [3.63, 3.8) is 0 Å². The van der Waals surface area contributed by atoms with Gasteiger partial charge in [0.2, 0.25) is 5.88 Å². The summed E-state index contributed by atoms with van der Waals surface area (Å²) >= 11 is 0. The zero-order valence-electron chi connectivity index (χ0n) is 20.1. The molecule has 1 aliphatic heterocycles. The third-order valence-electron chi connectivity index (χ3n) is 6.12. The zero-order chi connectivity index (χ0) is 26.9. The molecule has 0 radical (unpaired) electrons. The van der Waals surface area contributed by atoms with Crippen LogP contribution in [0, 0.1) is 11.3 Å². The van der Waals surface area contributed by atoms with Crippen LogP contribution in [0.5, 0.6) is 23.1 Å². The van der Waals surface area contributed by atoms with E-state index in [-0.39, 0.29) is 29.5 Å². The highest BCUT2D eigenvalue weighted by Gasteiger charge is 2.30. The van der Waals surface area contributed by atoms with Crippen LogP contribution in [0.2, 0.25) is 0 Å². The second-order valence-electron chi connectivity index (χ2n) is 8.55. The lowest BCUT2D eigenvalue weighted by atomic mass is 9.97. The van der Waals surface area contributed by atoms with Gasteiger partial charge in [0.05, 0.1) is 23.9 Å². The summed E-state index contributed by atoms with van der Waals surface area (Å²) in [6, 6.07) is 18.3. The number of nitriles is 1. The fraction of sp³-hybridized carbons (Fsp3) is 0.179. The van der Waals surface area contributed by atoms with Gasteiger partial charge < -0.3 is 14.2 Å². The molecule has 0 N–H and O–H groups in total. The molecule has 38 heavy (non-hydrogen) atoms. The normalized spacial score (nSPS) is 12.2. The molecule has 5 rings (SSSR count). The van der Waals surface area contributed by atoms with E-state index in [4.69, 9.17) is 14.2 Å². The van der Waals surface area contributed by atoms with E-state index in [2.05, 4.69) is 4.98 Å². The van der Waals surface area contributed by atoms with Gasteiger partial charge in [0.25, 0.3) is 0 Å². The molecule has 3 aromatic carbocycles. The number of aromatic nitrogens is 2. The minimum absolute atomic E-state index is 0.0178. The summed E-state index contributed by atoms with van der Waals surface area (Å²) in [6.07, 6.45) is -3.86. The molecular formula is C28H20F3N3O4. The van der Waals surface area contributed by atoms with Crippen molar-refractivity contribution >= 4 is 0 Å². The molecule has 1 aliphatic rings. The Morgan fingerprint density at radius 2 is 1.89 bits per heavy atom. The van der Waals surface area contributed by atoms with Crippen molar-refractivity contribution in [2.75, 3.05) is 7.11 Å². The molecule has 0 aliphatic carbocycles. The fourth-order valence-electron chi connectivity index (χ4n) is 4.24. The predicted molar refractivity (Wildman–Crippen MR) is 131 cm³/mol. The molecule has 0 amide bonds. The number of alkyl halides is 3. The second-order valence-corrected chi connectivity index (χ2v) is 8.55. The highest BCUT2D eigenvalue weighted by atomic mass is 19.4. The Bertz CT molecular complexity index is 1620. The number of nitrogens with zero attached hydrogens (tertiary/aromatic N) is 3. The van der Waals surface area contributed by atoms with Gasteiger partial charge in [0.15, 0.2) is 0 Å². The summed E-state index contributed by atoms with van der Waals surface area (Å²) in [4.78, 5) is 16.7. The van der Waals surface area contributed by atoms with Gasteiger partial charge in [-0.2, -0.15) is 23.4 Å². The molecular weight excluding hydrogens is 499 g/mol. The summed E-state index contributed by atoms with van der Waals surface area (Å²) in [5, 5.41) is 9.44. The number of hydrogen-bond donors (Lipinski definition) is 0. The molecule has 0 fully saturated rings. The summed E-state index contributed by atoms with van der Waals surface area (Å²) in [5.41, 5.74) is 2.02. The van der Waals surface area contributed by atoms with Crippen molar-refractivity contribution in [3.8, 4) is 40.5 Å². The Morgan fingerprint density at radius 3 is 2.66 bits per heavy atom. The van der Waals surface area contributed by atoms with Crippen LogP contribution < -0.4 is 19.9 Å². The van der Waals surface area contributed by atoms with Gasteiger partial charge in [-0.05, 0) is 66.1 Å². The third kappa shape index (κ3) is 5.04. The van der Waals surface area contributed by atoms with Crippen LogP contribution in [-0.4, -0.2) is 16.7 Å². The number of methoxy groups -OCH3 is 1. The number of benzene rings is 3. The second kappa shape index (κ2) is 9.94. The summed E-state index contributed by atoms with van der Waals surface area (Å²) in [6.45, 7) is 0.462. The maximum absolute atomic E-state index is 13.1. The molecule has 0 bridgehead atoms. The van der Waals surface area contributed by atoms with E-state index in [0.29, 0.717) is 24.2 Å². The fourth-order valence-corrected chi connectivity index (χ4v) is 4.24. The van der Waals surface area contributed by atoms with Gasteiger partial charge >= 0.3 is 11.9 Å². The quantitative estimate of drug-likeness (QED) is 0.323. The van der Waals surface area contributed by atoms with Crippen molar-refractivity contribution < 1.29 is 27.4 Å². The Kier molecular flexibility index (Phi) is 6.51. The van der Waals surface area contributed by atoms with Crippen molar-refractivity contribution in [2.45, 2.75) is 25.7 Å². The van der Waals surface area contributed by atoms with Crippen LogP contribution in [-0.2, 0) is 25.7 Å². The lowest BCUT2D eigenvalue weighted by molar-refractivity contribution is -0.137. The maximum atomic E-state index is 13.1. The van der Waals surface area contributed by atoms with Crippen LogP contribution in [0.25, 0.3) is 11.3 Å². The number of rotatable bonds is 6. The van der Waals surface area contributed by atoms with E-state index in [1.165, 1.54) is 24.3 Å². The van der Waals surface area contributed by atoms with Gasteiger partial charge in [0.1, 0.15) is 29.9 Å². The maximum Gasteiger partial charge on any atom is 0.416 e. The predicted octanol–water partition coefficient (Wildman–Crippen LogP) is 5.74. The minimum Gasteiger partial charge on any atom is -0.497 e. The monoisotopic (exact) mass is 519 g/mol. The molecule has 0 unspecified atom stereocenters. The average Bonchev–Trinajstić information content (AvgIpc) is 2.91. The van der Waals surface area contributed by atoms with E-state index < -0.39 is 17.4 Å². The van der Waals surface area contributed by atoms with E-state index in [1.54, 1.807) is 23.8 Å². The highest BCUT2D eigenvalue weighted by Crippen LogP contribution is 2.34. The molecule has 0 atom stereocenters. The highest BCUT2D eigenvalue weighted by molar-refractivity contribution is 5.67. The van der Waals surface area contributed by atoms with Crippen LogP contribution >= 0.6 is 0 Å². The smallest absolute Gasteiger partial charge is 0.416 e. The molecule has 2 heterocycles. The average molecular weight is 519 g/mol.